The van der Waals surface area contributed by atoms with Gasteiger partial charge in [-0.3, -0.25) is 24.3 Å². The van der Waals surface area contributed by atoms with Crippen LogP contribution in [0, 0.1) is 5.82 Å². The molecule has 2 aromatic carbocycles. The van der Waals surface area contributed by atoms with E-state index < -0.39 is 4.87 Å². The van der Waals surface area contributed by atoms with E-state index >= 15 is 0 Å². The molecule has 2 aromatic rings. The largest absolute Gasteiger partial charge is 0.379 e. The highest BCUT2D eigenvalue weighted by Gasteiger charge is 2.61. The van der Waals surface area contributed by atoms with E-state index in [0.29, 0.717) is 25.6 Å². The third-order valence-corrected chi connectivity index (χ3v) is 6.98. The van der Waals surface area contributed by atoms with E-state index in [-0.39, 0.29) is 23.4 Å². The Morgan fingerprint density at radius 1 is 1.03 bits per heavy atom. The number of para-hydroxylation sites is 1. The Kier molecular flexibility index (Phi) is 4.57. The van der Waals surface area contributed by atoms with Gasteiger partial charge in [-0.15, -0.1) is 11.8 Å². The SMILES string of the molecule is O=C1CS[C@]2(C(=O)N(CN3CCOCC3)c3ccccc32)N1c1ccc(F)cc1. The van der Waals surface area contributed by atoms with E-state index in [1.807, 2.05) is 24.3 Å². The Balaban J connectivity index is 1.59. The van der Waals surface area contributed by atoms with Gasteiger partial charge in [-0.2, -0.15) is 0 Å². The third kappa shape index (κ3) is 2.86. The first-order chi connectivity index (χ1) is 14.1. The normalized spacial score (nSPS) is 24.6. The average molecular weight is 413 g/mol. The van der Waals surface area contributed by atoms with Gasteiger partial charge in [-0.25, -0.2) is 4.39 Å². The van der Waals surface area contributed by atoms with Crippen LogP contribution in [0.3, 0.4) is 0 Å². The summed E-state index contributed by atoms with van der Waals surface area (Å²) in [5.41, 5.74) is 2.15. The van der Waals surface area contributed by atoms with Crippen LogP contribution in [0.25, 0.3) is 0 Å². The summed E-state index contributed by atoms with van der Waals surface area (Å²) < 4.78 is 18.9. The van der Waals surface area contributed by atoms with Gasteiger partial charge in [-0.05, 0) is 30.3 Å². The monoisotopic (exact) mass is 413 g/mol. The van der Waals surface area contributed by atoms with Gasteiger partial charge >= 0.3 is 0 Å². The second-order valence-corrected chi connectivity index (χ2v) is 8.43. The van der Waals surface area contributed by atoms with Crippen molar-refractivity contribution in [2.45, 2.75) is 4.87 Å². The van der Waals surface area contributed by atoms with E-state index in [0.717, 1.165) is 24.3 Å². The highest BCUT2D eigenvalue weighted by molar-refractivity contribution is 8.02. The summed E-state index contributed by atoms with van der Waals surface area (Å²) in [5.74, 6) is -0.472. The summed E-state index contributed by atoms with van der Waals surface area (Å²) in [6.45, 7) is 3.25. The number of halogens is 1. The number of hydrogen-bond donors (Lipinski definition) is 0. The van der Waals surface area contributed by atoms with E-state index in [1.165, 1.54) is 28.8 Å². The van der Waals surface area contributed by atoms with Crippen molar-refractivity contribution in [1.82, 2.24) is 4.90 Å². The molecule has 2 amide bonds. The smallest absolute Gasteiger partial charge is 0.269 e. The minimum Gasteiger partial charge on any atom is -0.379 e. The first-order valence-corrected chi connectivity index (χ1v) is 10.5. The second kappa shape index (κ2) is 7.12. The quantitative estimate of drug-likeness (QED) is 0.774. The number of carbonyl (C=O) groups excluding carboxylic acids is 2. The number of nitrogens with zero attached hydrogens (tertiary/aromatic N) is 3. The lowest BCUT2D eigenvalue weighted by atomic mass is 10.0. The van der Waals surface area contributed by atoms with Crippen LogP contribution >= 0.6 is 11.8 Å². The highest BCUT2D eigenvalue weighted by atomic mass is 32.2. The summed E-state index contributed by atoms with van der Waals surface area (Å²) >= 11 is 1.33. The number of benzene rings is 2. The van der Waals surface area contributed by atoms with Gasteiger partial charge in [0.15, 0.2) is 0 Å². The van der Waals surface area contributed by atoms with Gasteiger partial charge < -0.3 is 4.74 Å². The van der Waals surface area contributed by atoms with Crippen LogP contribution in [0.2, 0.25) is 0 Å². The van der Waals surface area contributed by atoms with E-state index in [2.05, 4.69) is 4.90 Å². The molecule has 1 atom stereocenters. The van der Waals surface area contributed by atoms with Gasteiger partial charge in [0.25, 0.3) is 5.91 Å². The molecule has 0 N–H and O–H groups in total. The Bertz CT molecular complexity index is 964. The molecule has 150 valence electrons. The molecule has 3 aliphatic heterocycles. The van der Waals surface area contributed by atoms with Crippen molar-refractivity contribution in [2.75, 3.05) is 48.5 Å². The van der Waals surface area contributed by atoms with Crippen LogP contribution in [0.15, 0.2) is 48.5 Å². The van der Waals surface area contributed by atoms with E-state index in [4.69, 9.17) is 4.74 Å². The molecule has 29 heavy (non-hydrogen) atoms. The van der Waals surface area contributed by atoms with Crippen molar-refractivity contribution < 1.29 is 18.7 Å². The number of fused-ring (bicyclic) bond motifs is 2. The van der Waals surface area contributed by atoms with Crippen LogP contribution in [0.1, 0.15) is 5.56 Å². The lowest BCUT2D eigenvalue weighted by Gasteiger charge is -2.35. The molecule has 1 spiro atoms. The van der Waals surface area contributed by atoms with Crippen LogP contribution in [-0.4, -0.2) is 55.4 Å². The summed E-state index contributed by atoms with van der Waals surface area (Å²) in [6.07, 6.45) is 0. The number of thioether (sulfide) groups is 1. The van der Waals surface area contributed by atoms with Crippen molar-refractivity contribution in [3.8, 4) is 0 Å². The fourth-order valence-electron chi connectivity index (χ4n) is 4.23. The Labute approximate surface area is 172 Å². The lowest BCUT2D eigenvalue weighted by Crippen LogP contribution is -2.52. The molecule has 3 aliphatic rings. The molecular formula is C21H20FN3O3S. The number of morpholine rings is 1. The zero-order chi connectivity index (χ0) is 20.0. The molecule has 0 aromatic heterocycles. The molecule has 8 heteroatoms. The van der Waals surface area contributed by atoms with Crippen LogP contribution in [0.4, 0.5) is 15.8 Å². The van der Waals surface area contributed by atoms with Gasteiger partial charge in [-0.1, -0.05) is 18.2 Å². The maximum Gasteiger partial charge on any atom is 0.269 e. The zero-order valence-electron chi connectivity index (χ0n) is 15.7. The molecule has 0 saturated carbocycles. The lowest BCUT2D eigenvalue weighted by molar-refractivity contribution is -0.124. The minimum absolute atomic E-state index is 0.134. The van der Waals surface area contributed by atoms with Gasteiger partial charge in [0, 0.05) is 24.3 Å². The molecule has 2 fully saturated rings. The fraction of sp³-hybridized carbons (Fsp3) is 0.333. The third-order valence-electron chi connectivity index (χ3n) is 5.59. The fourth-order valence-corrected chi connectivity index (χ4v) is 5.59. The average Bonchev–Trinajstić information content (AvgIpc) is 3.21. The molecule has 0 radical (unpaired) electrons. The molecule has 3 heterocycles. The maximum atomic E-state index is 13.8. The van der Waals surface area contributed by atoms with Gasteiger partial charge in [0.1, 0.15) is 5.82 Å². The predicted molar refractivity (Wildman–Crippen MR) is 109 cm³/mol. The molecule has 2 saturated heterocycles. The number of hydrogen-bond acceptors (Lipinski definition) is 5. The number of anilines is 2. The maximum absolute atomic E-state index is 13.8. The second-order valence-electron chi connectivity index (χ2n) is 7.26. The molecule has 5 rings (SSSR count). The highest BCUT2D eigenvalue weighted by Crippen LogP contribution is 2.55. The first-order valence-electron chi connectivity index (χ1n) is 9.55. The molecule has 6 nitrogen and oxygen atoms in total. The standard InChI is InChI=1S/C21H20FN3O3S/c22-15-5-7-16(8-6-15)25-19(26)13-29-21(25)17-3-1-2-4-18(17)24(20(21)27)14-23-9-11-28-12-10-23/h1-8H,9-14H2/t21-/m1/s1. The Morgan fingerprint density at radius 2 is 1.76 bits per heavy atom. The van der Waals surface area contributed by atoms with Crippen molar-refractivity contribution in [2.24, 2.45) is 0 Å². The van der Waals surface area contributed by atoms with Crippen molar-refractivity contribution in [3.63, 3.8) is 0 Å². The number of rotatable bonds is 3. The summed E-state index contributed by atoms with van der Waals surface area (Å²) in [5, 5.41) is 0. The Morgan fingerprint density at radius 3 is 2.52 bits per heavy atom. The predicted octanol–water partition coefficient (Wildman–Crippen LogP) is 2.39. The van der Waals surface area contributed by atoms with Crippen molar-refractivity contribution in [1.29, 1.82) is 0 Å². The van der Waals surface area contributed by atoms with Crippen LogP contribution in [-0.2, 0) is 19.2 Å². The molecule has 0 unspecified atom stereocenters. The summed E-state index contributed by atoms with van der Waals surface area (Å²) in [6, 6.07) is 13.4. The molecular weight excluding hydrogens is 393 g/mol. The van der Waals surface area contributed by atoms with Crippen LogP contribution < -0.4 is 9.80 Å². The Hall–Kier alpha value is -2.42. The van der Waals surface area contributed by atoms with Crippen molar-refractivity contribution >= 4 is 35.0 Å². The van der Waals surface area contributed by atoms with E-state index in [9.17, 15) is 14.0 Å². The van der Waals surface area contributed by atoms with Gasteiger partial charge in [0.05, 0.1) is 31.3 Å². The number of carbonyl (C=O) groups is 2. The van der Waals surface area contributed by atoms with Crippen molar-refractivity contribution in [3.05, 3.63) is 59.9 Å². The zero-order valence-corrected chi connectivity index (χ0v) is 16.5. The molecule has 0 aliphatic carbocycles. The first kappa shape index (κ1) is 18.6. The number of ether oxygens (including phenoxy) is 1. The number of amides is 2. The van der Waals surface area contributed by atoms with Crippen LogP contribution in [0.5, 0.6) is 0 Å². The molecule has 0 bridgehead atoms. The summed E-state index contributed by atoms with van der Waals surface area (Å²) in [7, 11) is 0. The topological polar surface area (TPSA) is 53.1 Å². The van der Waals surface area contributed by atoms with Gasteiger partial charge in [0.2, 0.25) is 10.8 Å². The van der Waals surface area contributed by atoms with E-state index in [1.54, 1.807) is 17.0 Å². The summed E-state index contributed by atoms with van der Waals surface area (Å²) in [4.78, 5) is 31.1. The minimum atomic E-state index is -1.15.